The lowest BCUT2D eigenvalue weighted by atomic mass is 9.78. The molecule has 0 unspecified atom stereocenters. The van der Waals surface area contributed by atoms with Gasteiger partial charge in [-0.1, -0.05) is 56.1 Å². The van der Waals surface area contributed by atoms with Crippen molar-refractivity contribution in [3.05, 3.63) is 46.2 Å². The standard InChI is InChI=1S/C21H26ClN3O2S/c1-4-10-25-20(27)16-9-8-15(22)11-18(16)24-21(25)28-12-19(26)23-17-7-5-6-13(2)14(17)3/h4,8-9,11,13-14,17H,1,5-7,10,12H2,2-3H3,(H,23,26)/t13-,14+,17+/m1/s1. The van der Waals surface area contributed by atoms with Crippen LogP contribution in [0.25, 0.3) is 10.9 Å². The molecule has 1 aliphatic carbocycles. The SMILES string of the molecule is C=CCn1c(SCC(=O)N[C@H]2CCC[C@@H](C)[C@@H]2C)nc2cc(Cl)ccc2c1=O. The molecule has 1 N–H and O–H groups in total. The number of benzene rings is 1. The number of rotatable bonds is 6. The molecule has 28 heavy (non-hydrogen) atoms. The fourth-order valence-corrected chi connectivity index (χ4v) is 4.72. The van der Waals surface area contributed by atoms with Gasteiger partial charge < -0.3 is 5.32 Å². The molecule has 0 aliphatic heterocycles. The van der Waals surface area contributed by atoms with Crippen molar-refractivity contribution in [2.24, 2.45) is 11.8 Å². The maximum atomic E-state index is 12.8. The van der Waals surface area contributed by atoms with Crippen LogP contribution in [0, 0.1) is 11.8 Å². The van der Waals surface area contributed by atoms with Gasteiger partial charge in [-0.05, 0) is 36.5 Å². The molecule has 2 aromatic rings. The van der Waals surface area contributed by atoms with Gasteiger partial charge in [-0.3, -0.25) is 14.2 Å². The van der Waals surface area contributed by atoms with Gasteiger partial charge in [0, 0.05) is 17.6 Å². The fraction of sp³-hybridized carbons (Fsp3) is 0.476. The molecule has 5 nitrogen and oxygen atoms in total. The topological polar surface area (TPSA) is 64.0 Å². The van der Waals surface area contributed by atoms with Gasteiger partial charge >= 0.3 is 0 Å². The molecular formula is C21H26ClN3O2S. The summed E-state index contributed by atoms with van der Waals surface area (Å²) in [5, 5.41) is 4.69. The fourth-order valence-electron chi connectivity index (χ4n) is 3.74. The van der Waals surface area contributed by atoms with Crippen molar-refractivity contribution in [1.29, 1.82) is 0 Å². The molecule has 1 saturated carbocycles. The van der Waals surface area contributed by atoms with Crippen LogP contribution in [-0.4, -0.2) is 27.3 Å². The number of amides is 1. The van der Waals surface area contributed by atoms with E-state index < -0.39 is 0 Å². The number of fused-ring (bicyclic) bond motifs is 1. The zero-order valence-electron chi connectivity index (χ0n) is 16.3. The third-order valence-corrected chi connectivity index (χ3v) is 6.79. The van der Waals surface area contributed by atoms with E-state index in [4.69, 9.17) is 11.6 Å². The summed E-state index contributed by atoms with van der Waals surface area (Å²) in [5.74, 6) is 1.29. The third-order valence-electron chi connectivity index (χ3n) is 5.58. The van der Waals surface area contributed by atoms with Gasteiger partial charge in [0.05, 0.1) is 16.7 Å². The Bertz CT molecular complexity index is 943. The lowest BCUT2D eigenvalue weighted by Crippen LogP contribution is -2.44. The summed E-state index contributed by atoms with van der Waals surface area (Å²) >= 11 is 7.32. The van der Waals surface area contributed by atoms with Crippen LogP contribution in [-0.2, 0) is 11.3 Å². The van der Waals surface area contributed by atoms with Gasteiger partial charge in [-0.2, -0.15) is 0 Å². The molecule has 0 spiro atoms. The van der Waals surface area contributed by atoms with Gasteiger partial charge in [-0.25, -0.2) is 4.98 Å². The van der Waals surface area contributed by atoms with Crippen LogP contribution >= 0.6 is 23.4 Å². The number of hydrogen-bond donors (Lipinski definition) is 1. The van der Waals surface area contributed by atoms with Crippen LogP contribution in [0.1, 0.15) is 33.1 Å². The van der Waals surface area contributed by atoms with Crippen LogP contribution in [0.15, 0.2) is 40.8 Å². The predicted molar refractivity (Wildman–Crippen MR) is 116 cm³/mol. The van der Waals surface area contributed by atoms with E-state index in [0.717, 1.165) is 12.8 Å². The van der Waals surface area contributed by atoms with Crippen molar-refractivity contribution < 1.29 is 4.79 Å². The average Bonchev–Trinajstić information content (AvgIpc) is 2.66. The molecule has 1 aliphatic rings. The lowest BCUT2D eigenvalue weighted by Gasteiger charge is -2.34. The van der Waals surface area contributed by atoms with Crippen molar-refractivity contribution in [3.63, 3.8) is 0 Å². The number of nitrogens with one attached hydrogen (secondary N) is 1. The van der Waals surface area contributed by atoms with Gasteiger partial charge in [-0.15, -0.1) is 6.58 Å². The zero-order valence-corrected chi connectivity index (χ0v) is 17.9. The molecule has 1 heterocycles. The Hall–Kier alpha value is -1.79. The van der Waals surface area contributed by atoms with Gasteiger partial charge in [0.25, 0.3) is 5.56 Å². The number of halogens is 1. The minimum absolute atomic E-state index is 0.0263. The summed E-state index contributed by atoms with van der Waals surface area (Å²) in [6.45, 7) is 8.51. The van der Waals surface area contributed by atoms with Crippen molar-refractivity contribution in [2.75, 3.05) is 5.75 Å². The van der Waals surface area contributed by atoms with Crippen molar-refractivity contribution >= 4 is 40.2 Å². The van der Waals surface area contributed by atoms with Crippen LogP contribution in [0.5, 0.6) is 0 Å². The molecule has 1 aromatic carbocycles. The van der Waals surface area contributed by atoms with E-state index in [1.807, 2.05) is 0 Å². The molecule has 150 valence electrons. The highest BCUT2D eigenvalue weighted by Gasteiger charge is 2.28. The highest BCUT2D eigenvalue weighted by atomic mass is 35.5. The Balaban J connectivity index is 1.77. The smallest absolute Gasteiger partial charge is 0.262 e. The average molecular weight is 420 g/mol. The van der Waals surface area contributed by atoms with E-state index in [-0.39, 0.29) is 23.3 Å². The van der Waals surface area contributed by atoms with E-state index in [2.05, 4.69) is 30.7 Å². The summed E-state index contributed by atoms with van der Waals surface area (Å²) in [5.41, 5.74) is 0.384. The largest absolute Gasteiger partial charge is 0.352 e. The number of carbonyl (C=O) groups excluding carboxylic acids is 1. The first-order chi connectivity index (χ1) is 13.4. The van der Waals surface area contributed by atoms with Gasteiger partial charge in [0.1, 0.15) is 0 Å². The Kier molecular flexibility index (Phi) is 6.83. The summed E-state index contributed by atoms with van der Waals surface area (Å²) in [6, 6.07) is 5.25. The van der Waals surface area contributed by atoms with E-state index >= 15 is 0 Å². The van der Waals surface area contributed by atoms with Crippen molar-refractivity contribution in [2.45, 2.75) is 50.9 Å². The Morgan fingerprint density at radius 3 is 2.96 bits per heavy atom. The predicted octanol–water partition coefficient (Wildman–Crippen LogP) is 4.27. The molecule has 1 fully saturated rings. The number of allylic oxidation sites excluding steroid dienone is 1. The van der Waals surface area contributed by atoms with E-state index in [1.165, 1.54) is 18.2 Å². The highest BCUT2D eigenvalue weighted by molar-refractivity contribution is 7.99. The second-order valence-electron chi connectivity index (χ2n) is 7.49. The van der Waals surface area contributed by atoms with E-state index in [0.29, 0.717) is 39.5 Å². The molecule has 3 rings (SSSR count). The summed E-state index contributed by atoms with van der Waals surface area (Å²) in [7, 11) is 0. The van der Waals surface area contributed by atoms with Gasteiger partial charge in [0.15, 0.2) is 5.16 Å². The van der Waals surface area contributed by atoms with Crippen LogP contribution in [0.3, 0.4) is 0 Å². The molecule has 3 atom stereocenters. The third kappa shape index (κ3) is 4.61. The molecule has 1 amide bonds. The number of nitrogens with zero attached hydrogens (tertiary/aromatic N) is 2. The first kappa shape index (κ1) is 20.9. The zero-order chi connectivity index (χ0) is 20.3. The second kappa shape index (κ2) is 9.14. The monoisotopic (exact) mass is 419 g/mol. The molecule has 0 saturated heterocycles. The summed E-state index contributed by atoms with van der Waals surface area (Å²) in [6.07, 6.45) is 5.05. The number of aromatic nitrogens is 2. The quantitative estimate of drug-likeness (QED) is 0.431. The highest BCUT2D eigenvalue weighted by Crippen LogP contribution is 2.29. The maximum Gasteiger partial charge on any atom is 0.262 e. The Morgan fingerprint density at radius 1 is 1.43 bits per heavy atom. The van der Waals surface area contributed by atoms with Crippen LogP contribution < -0.4 is 10.9 Å². The van der Waals surface area contributed by atoms with Crippen molar-refractivity contribution in [1.82, 2.24) is 14.9 Å². The maximum absolute atomic E-state index is 12.8. The first-order valence-electron chi connectivity index (χ1n) is 9.64. The second-order valence-corrected chi connectivity index (χ2v) is 8.87. The minimum Gasteiger partial charge on any atom is -0.352 e. The Labute approximate surface area is 174 Å². The molecular weight excluding hydrogens is 394 g/mol. The lowest BCUT2D eigenvalue weighted by molar-refractivity contribution is -0.120. The van der Waals surface area contributed by atoms with Crippen LogP contribution in [0.2, 0.25) is 5.02 Å². The van der Waals surface area contributed by atoms with Crippen LogP contribution in [0.4, 0.5) is 0 Å². The van der Waals surface area contributed by atoms with E-state index in [1.54, 1.807) is 28.8 Å². The molecule has 1 aromatic heterocycles. The Morgan fingerprint density at radius 2 is 2.21 bits per heavy atom. The first-order valence-corrected chi connectivity index (χ1v) is 11.0. The number of carbonyl (C=O) groups is 1. The summed E-state index contributed by atoms with van der Waals surface area (Å²) < 4.78 is 1.55. The van der Waals surface area contributed by atoms with Crippen molar-refractivity contribution in [3.8, 4) is 0 Å². The summed E-state index contributed by atoms with van der Waals surface area (Å²) in [4.78, 5) is 29.9. The molecule has 0 radical (unpaired) electrons. The molecule has 7 heteroatoms. The number of thioether (sulfide) groups is 1. The normalized spacial score (nSPS) is 22.2. The molecule has 0 bridgehead atoms. The van der Waals surface area contributed by atoms with E-state index in [9.17, 15) is 9.59 Å². The van der Waals surface area contributed by atoms with Gasteiger partial charge in [0.2, 0.25) is 5.91 Å². The number of hydrogen-bond acceptors (Lipinski definition) is 4. The minimum atomic E-state index is -0.154.